The largest absolute Gasteiger partial charge is 0.378 e. The molecule has 3 nitrogen and oxygen atoms in total. The van der Waals surface area contributed by atoms with Crippen LogP contribution in [0, 0.1) is 17.8 Å². The van der Waals surface area contributed by atoms with E-state index in [1.807, 2.05) is 26.2 Å². The Hall–Kier alpha value is -1.78. The molecule has 0 radical (unpaired) electrons. The third-order valence-electron chi connectivity index (χ3n) is 7.95. The van der Waals surface area contributed by atoms with Crippen LogP contribution in [-0.4, -0.2) is 42.2 Å². The fraction of sp³-hybridized carbons (Fsp3) is 0.607. The van der Waals surface area contributed by atoms with Crippen molar-refractivity contribution in [1.29, 1.82) is 0 Å². The summed E-state index contributed by atoms with van der Waals surface area (Å²) in [7, 11) is 1.90. The minimum absolute atomic E-state index is 0.0159. The van der Waals surface area contributed by atoms with Crippen LogP contribution in [0.25, 0.3) is 0 Å². The van der Waals surface area contributed by atoms with Crippen LogP contribution < -0.4 is 0 Å². The number of rotatable bonds is 8. The Balaban J connectivity index is 1.34. The molecule has 0 amide bonds. The number of hydrogen-bond donors (Lipinski definition) is 0. The number of aromatic nitrogens is 1. The second-order valence-corrected chi connectivity index (χ2v) is 10.2. The van der Waals surface area contributed by atoms with Gasteiger partial charge in [0.15, 0.2) is 0 Å². The van der Waals surface area contributed by atoms with Crippen LogP contribution in [0.3, 0.4) is 0 Å². The number of nitrogens with zero attached hydrogens (tertiary/aromatic N) is 2. The number of pyridine rings is 1. The number of halogens is 1. The number of ether oxygens (including phenoxy) is 1. The van der Waals surface area contributed by atoms with Gasteiger partial charge in [-0.05, 0) is 56.4 Å². The molecule has 4 heteroatoms. The number of methoxy groups -OCH3 is 1. The van der Waals surface area contributed by atoms with Crippen molar-refractivity contribution in [2.24, 2.45) is 11.8 Å². The molecule has 174 valence electrons. The lowest BCUT2D eigenvalue weighted by atomic mass is 9.89. The van der Waals surface area contributed by atoms with Crippen molar-refractivity contribution in [1.82, 2.24) is 9.88 Å². The molecule has 2 heterocycles. The van der Waals surface area contributed by atoms with Crippen molar-refractivity contribution in [2.45, 2.75) is 70.8 Å². The Bertz CT molecular complexity index is 889. The highest BCUT2D eigenvalue weighted by atomic mass is 19.1. The molecule has 1 aromatic rings. The second kappa shape index (κ2) is 10.0. The molecular weight excluding hydrogens is 399 g/mol. The number of fused-ring (bicyclic) bond motifs is 1. The summed E-state index contributed by atoms with van der Waals surface area (Å²) in [5, 5.41) is 0. The highest BCUT2D eigenvalue weighted by molar-refractivity contribution is 5.31. The summed E-state index contributed by atoms with van der Waals surface area (Å²) >= 11 is 0. The summed E-state index contributed by atoms with van der Waals surface area (Å²) < 4.78 is 20.3. The lowest BCUT2D eigenvalue weighted by molar-refractivity contribution is -0.0134. The van der Waals surface area contributed by atoms with Gasteiger partial charge >= 0.3 is 0 Å². The molecule has 1 aromatic heterocycles. The van der Waals surface area contributed by atoms with Crippen molar-refractivity contribution in [2.75, 3.05) is 26.7 Å². The van der Waals surface area contributed by atoms with Crippen molar-refractivity contribution in [3.63, 3.8) is 0 Å². The zero-order valence-corrected chi connectivity index (χ0v) is 20.2. The van der Waals surface area contributed by atoms with E-state index in [2.05, 4.69) is 48.0 Å². The molecule has 1 aliphatic heterocycles. The van der Waals surface area contributed by atoms with E-state index < -0.39 is 0 Å². The number of hydrogen-bond acceptors (Lipinski definition) is 3. The van der Waals surface area contributed by atoms with E-state index in [-0.39, 0.29) is 17.5 Å². The smallest absolute Gasteiger partial charge is 0.216 e. The van der Waals surface area contributed by atoms with Gasteiger partial charge in [0.25, 0.3) is 0 Å². The summed E-state index contributed by atoms with van der Waals surface area (Å²) in [6.07, 6.45) is 15.3. The van der Waals surface area contributed by atoms with Gasteiger partial charge in [0.2, 0.25) is 5.95 Å². The Morgan fingerprint density at radius 1 is 1.19 bits per heavy atom. The van der Waals surface area contributed by atoms with Gasteiger partial charge in [-0.3, -0.25) is 0 Å². The van der Waals surface area contributed by atoms with Crippen LogP contribution in [0.5, 0.6) is 0 Å². The maximum Gasteiger partial charge on any atom is 0.216 e. The van der Waals surface area contributed by atoms with Gasteiger partial charge in [0.05, 0.1) is 5.60 Å². The molecule has 0 aromatic carbocycles. The van der Waals surface area contributed by atoms with Gasteiger partial charge < -0.3 is 9.64 Å². The number of aryl methyl sites for hydroxylation is 1. The normalized spacial score (nSPS) is 28.9. The van der Waals surface area contributed by atoms with Gasteiger partial charge in [-0.1, -0.05) is 62.3 Å². The molecule has 0 bridgehead atoms. The fourth-order valence-electron chi connectivity index (χ4n) is 6.08. The maximum absolute atomic E-state index is 14.1. The Morgan fingerprint density at radius 3 is 2.56 bits per heavy atom. The Morgan fingerprint density at radius 2 is 1.94 bits per heavy atom. The quantitative estimate of drug-likeness (QED) is 0.450. The molecule has 2 fully saturated rings. The summed E-state index contributed by atoms with van der Waals surface area (Å²) in [6.45, 7) is 9.54. The summed E-state index contributed by atoms with van der Waals surface area (Å²) in [4.78, 5) is 6.82. The van der Waals surface area contributed by atoms with E-state index in [0.29, 0.717) is 23.8 Å². The molecule has 0 spiro atoms. The van der Waals surface area contributed by atoms with E-state index in [0.717, 1.165) is 57.4 Å². The van der Waals surface area contributed by atoms with E-state index in [1.165, 1.54) is 11.1 Å². The molecule has 3 unspecified atom stereocenters. The molecule has 2 aliphatic carbocycles. The summed E-state index contributed by atoms with van der Waals surface area (Å²) in [5.74, 6) is 1.32. The predicted molar refractivity (Wildman–Crippen MR) is 129 cm³/mol. The first-order valence-electron chi connectivity index (χ1n) is 12.4. The van der Waals surface area contributed by atoms with Crippen LogP contribution in [0.4, 0.5) is 4.39 Å². The first-order valence-corrected chi connectivity index (χ1v) is 12.4. The van der Waals surface area contributed by atoms with Crippen molar-refractivity contribution in [3.8, 4) is 0 Å². The van der Waals surface area contributed by atoms with E-state index in [4.69, 9.17) is 4.74 Å². The Kier molecular flexibility index (Phi) is 7.31. The first kappa shape index (κ1) is 23.4. The lowest BCUT2D eigenvalue weighted by Gasteiger charge is -2.31. The summed E-state index contributed by atoms with van der Waals surface area (Å²) in [6, 6.07) is 3.91. The monoisotopic (exact) mass is 438 g/mol. The summed E-state index contributed by atoms with van der Waals surface area (Å²) in [5.41, 5.74) is 4.47. The van der Waals surface area contributed by atoms with E-state index >= 15 is 0 Å². The van der Waals surface area contributed by atoms with Gasteiger partial charge in [0.1, 0.15) is 0 Å². The Labute approximate surface area is 193 Å². The average molecular weight is 439 g/mol. The van der Waals surface area contributed by atoms with Crippen molar-refractivity contribution < 1.29 is 9.13 Å². The van der Waals surface area contributed by atoms with Crippen LogP contribution >= 0.6 is 0 Å². The molecule has 3 aliphatic rings. The van der Waals surface area contributed by atoms with Crippen LogP contribution in [0.15, 0.2) is 47.6 Å². The average Bonchev–Trinajstić information content (AvgIpc) is 3.20. The highest BCUT2D eigenvalue weighted by Gasteiger charge is 2.49. The fourth-order valence-corrected chi connectivity index (χ4v) is 6.08. The minimum atomic E-state index is -0.302. The van der Waals surface area contributed by atoms with Crippen LogP contribution in [0.2, 0.25) is 0 Å². The molecule has 3 atom stereocenters. The van der Waals surface area contributed by atoms with Crippen LogP contribution in [0.1, 0.15) is 70.1 Å². The minimum Gasteiger partial charge on any atom is -0.378 e. The molecule has 4 rings (SSSR count). The standard InChI is InChI=1S/C28H39FN2O/c1-5-21-8-7-9-22(11-10-21)14-28(32-4)15-24-18-31(19-25(24)16-28)17-20(3)26-13-12-23(6-2)27(29)30-26/h7-10,12-13,20,24-25H,5-6,11,14-19H2,1-4H3. The highest BCUT2D eigenvalue weighted by Crippen LogP contribution is 2.49. The number of allylic oxidation sites excluding steroid dienone is 5. The van der Waals surface area contributed by atoms with Gasteiger partial charge in [-0.15, -0.1) is 0 Å². The second-order valence-electron chi connectivity index (χ2n) is 10.2. The van der Waals surface area contributed by atoms with Crippen molar-refractivity contribution >= 4 is 0 Å². The van der Waals surface area contributed by atoms with E-state index in [9.17, 15) is 4.39 Å². The zero-order chi connectivity index (χ0) is 22.7. The third kappa shape index (κ3) is 5.07. The predicted octanol–water partition coefficient (Wildman–Crippen LogP) is 6.23. The van der Waals surface area contributed by atoms with Gasteiger partial charge in [-0.25, -0.2) is 4.98 Å². The lowest BCUT2D eigenvalue weighted by Crippen LogP contribution is -2.33. The zero-order valence-electron chi connectivity index (χ0n) is 20.2. The SMILES string of the molecule is CCC1=CCC(CC2(OC)CC3CN(CC(C)c4ccc(CC)c(F)n4)CC3C2)=CC=C1. The van der Waals surface area contributed by atoms with E-state index in [1.54, 1.807) is 0 Å². The molecule has 1 saturated heterocycles. The van der Waals surface area contributed by atoms with Crippen LogP contribution in [-0.2, 0) is 11.2 Å². The maximum atomic E-state index is 14.1. The topological polar surface area (TPSA) is 25.4 Å². The first-order chi connectivity index (χ1) is 15.4. The number of likely N-dealkylation sites (tertiary alicyclic amines) is 1. The molecule has 0 N–H and O–H groups in total. The molecule has 1 saturated carbocycles. The third-order valence-corrected chi connectivity index (χ3v) is 7.95. The van der Waals surface area contributed by atoms with Gasteiger partial charge in [-0.2, -0.15) is 4.39 Å². The van der Waals surface area contributed by atoms with Gasteiger partial charge in [0, 0.05) is 43.9 Å². The van der Waals surface area contributed by atoms with Crippen molar-refractivity contribution in [3.05, 3.63) is 64.8 Å². The molecule has 32 heavy (non-hydrogen) atoms. The molecular formula is C28H39FN2O.